The van der Waals surface area contributed by atoms with Gasteiger partial charge in [-0.05, 0) is 48.2 Å². The molecule has 0 fully saturated rings. The van der Waals surface area contributed by atoms with Crippen LogP contribution >= 0.6 is 8.03 Å². The molecule has 0 radical (unpaired) electrons. The molecule has 2 aromatic carbocycles. The Labute approximate surface area is 191 Å². The lowest BCUT2D eigenvalue weighted by Crippen LogP contribution is -2.15. The summed E-state index contributed by atoms with van der Waals surface area (Å²) >= 11 is 0. The van der Waals surface area contributed by atoms with Gasteiger partial charge in [-0.1, -0.05) is 32.0 Å². The molecule has 0 amide bonds. The van der Waals surface area contributed by atoms with Gasteiger partial charge in [0.1, 0.15) is 11.9 Å². The molecule has 0 aliphatic rings. The van der Waals surface area contributed by atoms with Crippen molar-refractivity contribution in [1.82, 2.24) is 9.78 Å². The Balaban J connectivity index is 2.03. The lowest BCUT2D eigenvalue weighted by atomic mass is 10.0. The number of aliphatic carboxylic acids is 1. The van der Waals surface area contributed by atoms with E-state index in [1.54, 1.807) is 16.8 Å². The summed E-state index contributed by atoms with van der Waals surface area (Å²) in [6, 6.07) is 15.4. The summed E-state index contributed by atoms with van der Waals surface area (Å²) < 4.78 is 32.5. The second kappa shape index (κ2) is 11.0. The van der Waals surface area contributed by atoms with E-state index in [9.17, 15) is 18.9 Å². The van der Waals surface area contributed by atoms with Crippen LogP contribution in [0.4, 0.5) is 4.39 Å². The second-order valence-corrected chi connectivity index (χ2v) is 9.03. The van der Waals surface area contributed by atoms with E-state index in [4.69, 9.17) is 14.7 Å². The van der Waals surface area contributed by atoms with Crippen molar-refractivity contribution in [2.45, 2.75) is 32.3 Å². The number of hydrogen-bond acceptors (Lipinski definition) is 5. The van der Waals surface area contributed by atoms with E-state index in [0.717, 1.165) is 5.69 Å². The molecule has 0 aliphatic carbocycles. The van der Waals surface area contributed by atoms with E-state index < -0.39 is 26.5 Å². The predicted octanol–water partition coefficient (Wildman–Crippen LogP) is 4.44. The number of carbonyl (C=O) groups is 1. The molecule has 2 N–H and O–H groups in total. The van der Waals surface area contributed by atoms with Gasteiger partial charge in [-0.15, -0.1) is 0 Å². The van der Waals surface area contributed by atoms with E-state index in [2.05, 4.69) is 12.0 Å². The minimum atomic E-state index is -2.78. The molecule has 1 aromatic heterocycles. The molecule has 0 aliphatic heterocycles. The summed E-state index contributed by atoms with van der Waals surface area (Å²) in [7, 11) is -2.78. The Bertz CT molecular complexity index is 1200. The molecule has 0 saturated heterocycles. The maximum atomic E-state index is 13.6. The Hall–Kier alpha value is -3.40. The number of aliphatic hydroxyl groups is 1. The van der Waals surface area contributed by atoms with Crippen molar-refractivity contribution >= 4 is 14.0 Å². The number of hydrogen-bond donors (Lipinski definition) is 2. The summed E-state index contributed by atoms with van der Waals surface area (Å²) in [4.78, 5) is 10.7. The summed E-state index contributed by atoms with van der Waals surface area (Å²) in [5.41, 5.74) is 3.33. The summed E-state index contributed by atoms with van der Waals surface area (Å²) in [6.45, 7) is 3.92. The zero-order chi connectivity index (χ0) is 24.0. The lowest BCUT2D eigenvalue weighted by molar-refractivity contribution is -0.138. The highest BCUT2D eigenvalue weighted by Crippen LogP contribution is 2.32. The number of carboxylic acids is 1. The van der Waals surface area contributed by atoms with Gasteiger partial charge in [0.2, 0.25) is 8.03 Å². The summed E-state index contributed by atoms with van der Waals surface area (Å²) in [6.07, 6.45) is 0.325. The Morgan fingerprint density at radius 3 is 2.45 bits per heavy atom. The van der Waals surface area contributed by atoms with E-state index in [0.29, 0.717) is 22.5 Å². The number of nitrogens with zero attached hydrogens (tertiary/aromatic N) is 2. The molecule has 3 aromatic rings. The topological polar surface area (TPSA) is 102 Å². The maximum absolute atomic E-state index is 13.6. The smallest absolute Gasteiger partial charge is 0.305 e. The van der Waals surface area contributed by atoms with Crippen molar-refractivity contribution in [3.05, 3.63) is 71.7 Å². The molecular weight excluding hydrogens is 446 g/mol. The third-order valence-corrected chi connectivity index (χ3v) is 5.87. The first kappa shape index (κ1) is 24.2. The molecule has 1 heterocycles. The quantitative estimate of drug-likeness (QED) is 0.373. The normalized spacial score (nSPS) is 12.6. The number of carboxylic acid groups (broad SMARTS) is 1. The van der Waals surface area contributed by atoms with Crippen molar-refractivity contribution in [1.29, 1.82) is 0 Å². The number of benzene rings is 2. The van der Waals surface area contributed by atoms with Crippen LogP contribution in [0.15, 0.2) is 54.6 Å². The molecule has 0 spiro atoms. The molecule has 172 valence electrons. The van der Waals surface area contributed by atoms with Crippen LogP contribution in [0.1, 0.15) is 37.4 Å². The first-order chi connectivity index (χ1) is 15.8. The van der Waals surface area contributed by atoms with E-state index in [-0.39, 0.29) is 17.9 Å². The van der Waals surface area contributed by atoms with Gasteiger partial charge in [0.25, 0.3) is 0 Å². The molecule has 3 rings (SSSR count). The largest absolute Gasteiger partial charge is 0.481 e. The minimum absolute atomic E-state index is 0.00659. The Kier molecular flexibility index (Phi) is 8.05. The zero-order valence-corrected chi connectivity index (χ0v) is 19.2. The lowest BCUT2D eigenvalue weighted by Gasteiger charge is -2.08. The van der Waals surface area contributed by atoms with Gasteiger partial charge in [0.15, 0.2) is 0 Å². The molecule has 7 nitrogen and oxygen atoms in total. The van der Waals surface area contributed by atoms with Gasteiger partial charge >= 0.3 is 5.97 Å². The van der Waals surface area contributed by atoms with Gasteiger partial charge in [-0.3, -0.25) is 9.36 Å². The second-order valence-electron chi connectivity index (χ2n) is 7.67. The fourth-order valence-corrected chi connectivity index (χ4v) is 4.01. The van der Waals surface area contributed by atoms with E-state index in [1.165, 1.54) is 12.1 Å². The maximum Gasteiger partial charge on any atom is 0.305 e. The van der Waals surface area contributed by atoms with Crippen LogP contribution in [0, 0.1) is 17.8 Å². The molecule has 2 atom stereocenters. The number of aromatic nitrogens is 2. The predicted molar refractivity (Wildman–Crippen MR) is 123 cm³/mol. The van der Waals surface area contributed by atoms with Crippen molar-refractivity contribution in [3.8, 4) is 29.0 Å². The molecule has 0 saturated carbocycles. The standard InChI is InChI=1S/C24H24FN2O5P/c1-16(2)23-21(12-13-32-33(31)15-20(28)14-22(29)30)24(17-8-10-18(25)11-9-17)27(26-23)19-6-4-3-5-7-19/h3-11,16,20,28,33H,14-15H2,1-2H3,(H,29,30)/t20-/m0/s1. The molecule has 1 unspecified atom stereocenters. The SMILES string of the molecule is CC(C)c1nn(-c2ccccc2)c(-c2ccc(F)cc2)c1C#CO[PH](=O)C[C@@H](O)CC(=O)O. The average molecular weight is 470 g/mol. The van der Waals surface area contributed by atoms with Crippen LogP contribution in [-0.4, -0.2) is 38.2 Å². The Morgan fingerprint density at radius 1 is 1.18 bits per heavy atom. The number of halogens is 1. The number of rotatable bonds is 8. The van der Waals surface area contributed by atoms with Gasteiger partial charge in [0.05, 0.1) is 41.3 Å². The monoisotopic (exact) mass is 470 g/mol. The Morgan fingerprint density at radius 2 is 1.85 bits per heavy atom. The molecule has 9 heteroatoms. The van der Waals surface area contributed by atoms with Crippen LogP contribution < -0.4 is 0 Å². The third-order valence-electron chi connectivity index (χ3n) is 4.73. The van der Waals surface area contributed by atoms with E-state index >= 15 is 0 Å². The van der Waals surface area contributed by atoms with Crippen LogP contribution in [0.2, 0.25) is 0 Å². The molecule has 33 heavy (non-hydrogen) atoms. The van der Waals surface area contributed by atoms with Gasteiger partial charge in [-0.25, -0.2) is 9.07 Å². The fourth-order valence-electron chi connectivity index (χ4n) is 3.23. The van der Waals surface area contributed by atoms with Gasteiger partial charge < -0.3 is 14.7 Å². The highest BCUT2D eigenvalue weighted by atomic mass is 31.1. The van der Waals surface area contributed by atoms with Crippen LogP contribution in [0.25, 0.3) is 16.9 Å². The number of para-hydroxylation sites is 1. The molecular formula is C24H24FN2O5P. The molecule has 0 bridgehead atoms. The van der Waals surface area contributed by atoms with Crippen LogP contribution in [0.5, 0.6) is 0 Å². The van der Waals surface area contributed by atoms with Crippen molar-refractivity contribution < 1.29 is 28.5 Å². The van der Waals surface area contributed by atoms with Crippen LogP contribution in [0.3, 0.4) is 0 Å². The first-order valence-electron chi connectivity index (χ1n) is 10.3. The fraction of sp³-hybridized carbons (Fsp3) is 0.250. The average Bonchev–Trinajstić information content (AvgIpc) is 3.14. The minimum Gasteiger partial charge on any atom is -0.481 e. The highest BCUT2D eigenvalue weighted by molar-refractivity contribution is 7.39. The summed E-state index contributed by atoms with van der Waals surface area (Å²) in [5, 5.41) is 23.1. The highest BCUT2D eigenvalue weighted by Gasteiger charge is 2.21. The summed E-state index contributed by atoms with van der Waals surface area (Å²) in [5.74, 6) is 1.32. The van der Waals surface area contributed by atoms with Crippen molar-refractivity contribution in [2.24, 2.45) is 0 Å². The van der Waals surface area contributed by atoms with Crippen molar-refractivity contribution in [3.63, 3.8) is 0 Å². The third kappa shape index (κ3) is 6.32. The van der Waals surface area contributed by atoms with Gasteiger partial charge in [-0.2, -0.15) is 5.10 Å². The first-order valence-corrected chi connectivity index (χ1v) is 11.8. The van der Waals surface area contributed by atoms with Crippen molar-refractivity contribution in [2.75, 3.05) is 6.16 Å². The van der Waals surface area contributed by atoms with Gasteiger partial charge in [0, 0.05) is 5.56 Å². The van der Waals surface area contributed by atoms with Crippen LogP contribution in [-0.2, 0) is 13.9 Å². The number of aliphatic hydroxyl groups excluding tert-OH is 1. The zero-order valence-electron chi connectivity index (χ0n) is 18.2. The van der Waals surface area contributed by atoms with E-state index in [1.807, 2.05) is 44.2 Å².